The van der Waals surface area contributed by atoms with Gasteiger partial charge in [-0.05, 0) is 49.2 Å². The molecule has 0 saturated heterocycles. The Morgan fingerprint density at radius 3 is 2.37 bits per heavy atom. The van der Waals surface area contributed by atoms with E-state index in [0.717, 1.165) is 17.7 Å². The highest BCUT2D eigenvalue weighted by atomic mass is 79.9. The maximum Gasteiger partial charge on any atom is 0.573 e. The standard InChI is InChI=1S/C17H17BrF3NO4S/c1-2-25-14-6-3-12(4-7-14)9-10-22-27(23,24)16-8-5-13(18)11-15(16)26-17(19,20)21/h3-8,11,22H,2,9-10H2,1H3. The highest BCUT2D eigenvalue weighted by molar-refractivity contribution is 9.10. The van der Waals surface area contributed by atoms with Crippen LogP contribution in [0, 0.1) is 0 Å². The van der Waals surface area contributed by atoms with E-state index in [4.69, 9.17) is 4.74 Å². The molecule has 0 fully saturated rings. The van der Waals surface area contributed by atoms with E-state index in [1.54, 1.807) is 24.3 Å². The van der Waals surface area contributed by atoms with Gasteiger partial charge < -0.3 is 9.47 Å². The molecule has 10 heteroatoms. The maximum absolute atomic E-state index is 12.5. The van der Waals surface area contributed by atoms with Crippen LogP contribution in [0.1, 0.15) is 12.5 Å². The van der Waals surface area contributed by atoms with Crippen molar-refractivity contribution >= 4 is 26.0 Å². The lowest BCUT2D eigenvalue weighted by Gasteiger charge is -2.14. The van der Waals surface area contributed by atoms with Gasteiger partial charge in [0.25, 0.3) is 0 Å². The maximum atomic E-state index is 12.5. The molecule has 0 amide bonds. The number of benzene rings is 2. The van der Waals surface area contributed by atoms with Gasteiger partial charge >= 0.3 is 6.36 Å². The first-order valence-corrected chi connectivity index (χ1v) is 10.1. The fraction of sp³-hybridized carbons (Fsp3) is 0.294. The zero-order chi connectivity index (χ0) is 20.1. The van der Waals surface area contributed by atoms with Crippen LogP contribution in [0.4, 0.5) is 13.2 Å². The van der Waals surface area contributed by atoms with Crippen molar-refractivity contribution in [2.75, 3.05) is 13.2 Å². The lowest BCUT2D eigenvalue weighted by atomic mass is 10.1. The molecule has 0 aliphatic carbocycles. The average Bonchev–Trinajstić information content (AvgIpc) is 2.55. The molecule has 0 aromatic heterocycles. The Morgan fingerprint density at radius 2 is 1.78 bits per heavy atom. The van der Waals surface area contributed by atoms with Gasteiger partial charge in [-0.15, -0.1) is 13.2 Å². The minimum absolute atomic E-state index is 0.0117. The summed E-state index contributed by atoms with van der Waals surface area (Å²) >= 11 is 3.00. The zero-order valence-electron chi connectivity index (χ0n) is 14.2. The van der Waals surface area contributed by atoms with Gasteiger partial charge in [-0.1, -0.05) is 28.1 Å². The van der Waals surface area contributed by atoms with E-state index in [-0.39, 0.29) is 11.0 Å². The normalized spacial score (nSPS) is 12.0. The second kappa shape index (κ2) is 8.94. The molecule has 5 nitrogen and oxygen atoms in total. The summed E-state index contributed by atoms with van der Waals surface area (Å²) in [5, 5.41) is 0. The number of ether oxygens (including phenoxy) is 2. The van der Waals surface area contributed by atoms with Gasteiger partial charge in [0.05, 0.1) is 6.61 Å². The van der Waals surface area contributed by atoms with Crippen LogP contribution in [-0.2, 0) is 16.4 Å². The fourth-order valence-corrected chi connectivity index (χ4v) is 3.71. The van der Waals surface area contributed by atoms with Crippen molar-refractivity contribution in [2.45, 2.75) is 24.6 Å². The van der Waals surface area contributed by atoms with Crippen LogP contribution in [0.25, 0.3) is 0 Å². The van der Waals surface area contributed by atoms with Gasteiger partial charge in [0.1, 0.15) is 10.6 Å². The van der Waals surface area contributed by atoms with Gasteiger partial charge in [-0.3, -0.25) is 0 Å². The van der Waals surface area contributed by atoms with Crippen molar-refractivity contribution in [3.63, 3.8) is 0 Å². The highest BCUT2D eigenvalue weighted by Gasteiger charge is 2.34. The molecule has 0 bridgehead atoms. The Kier molecular flexibility index (Phi) is 7.12. The molecule has 2 aromatic rings. The largest absolute Gasteiger partial charge is 0.573 e. The van der Waals surface area contributed by atoms with Gasteiger partial charge in [0, 0.05) is 11.0 Å². The summed E-state index contributed by atoms with van der Waals surface area (Å²) in [5.41, 5.74) is 0.851. The molecule has 0 atom stereocenters. The molecule has 0 aliphatic heterocycles. The zero-order valence-corrected chi connectivity index (χ0v) is 16.6. The third-order valence-electron chi connectivity index (χ3n) is 3.36. The molecule has 27 heavy (non-hydrogen) atoms. The Morgan fingerprint density at radius 1 is 1.11 bits per heavy atom. The van der Waals surface area contributed by atoms with E-state index in [9.17, 15) is 21.6 Å². The monoisotopic (exact) mass is 467 g/mol. The second-order valence-corrected chi connectivity index (χ2v) is 8.01. The van der Waals surface area contributed by atoms with Crippen molar-refractivity contribution < 1.29 is 31.1 Å². The molecular formula is C17H17BrF3NO4S. The van der Waals surface area contributed by atoms with Gasteiger partial charge in [-0.25, -0.2) is 13.1 Å². The highest BCUT2D eigenvalue weighted by Crippen LogP contribution is 2.32. The number of sulfonamides is 1. The van der Waals surface area contributed by atoms with Crippen LogP contribution >= 0.6 is 15.9 Å². The quantitative estimate of drug-likeness (QED) is 0.629. The molecule has 0 spiro atoms. The van der Waals surface area contributed by atoms with Gasteiger partial charge in [0.15, 0.2) is 5.75 Å². The molecule has 2 rings (SSSR count). The molecule has 0 unspecified atom stereocenters. The Balaban J connectivity index is 2.08. The lowest BCUT2D eigenvalue weighted by Crippen LogP contribution is -2.27. The summed E-state index contributed by atoms with van der Waals surface area (Å²) < 4.78 is 74.1. The summed E-state index contributed by atoms with van der Waals surface area (Å²) in [4.78, 5) is -0.588. The van der Waals surface area contributed by atoms with Crippen LogP contribution in [-0.4, -0.2) is 27.9 Å². The number of halogens is 4. The Bertz CT molecular complexity index is 871. The van der Waals surface area contributed by atoms with E-state index >= 15 is 0 Å². The number of rotatable bonds is 8. The van der Waals surface area contributed by atoms with Crippen molar-refractivity contribution in [3.8, 4) is 11.5 Å². The number of hydrogen-bond acceptors (Lipinski definition) is 4. The molecule has 2 aromatic carbocycles. The fourth-order valence-electron chi connectivity index (χ4n) is 2.23. The first-order valence-electron chi connectivity index (χ1n) is 7.87. The van der Waals surface area contributed by atoms with Crippen LogP contribution in [0.3, 0.4) is 0 Å². The molecule has 0 radical (unpaired) electrons. The molecule has 0 aliphatic rings. The van der Waals surface area contributed by atoms with Crippen LogP contribution in [0.5, 0.6) is 11.5 Å². The van der Waals surface area contributed by atoms with Crippen molar-refractivity contribution in [1.29, 1.82) is 0 Å². The van der Waals surface area contributed by atoms with E-state index < -0.39 is 27.0 Å². The Labute approximate surface area is 163 Å². The predicted octanol–water partition coefficient (Wildman–Crippen LogP) is 4.27. The van der Waals surface area contributed by atoms with Crippen LogP contribution in [0.2, 0.25) is 0 Å². The lowest BCUT2D eigenvalue weighted by molar-refractivity contribution is -0.275. The SMILES string of the molecule is CCOc1ccc(CCNS(=O)(=O)c2ccc(Br)cc2OC(F)(F)F)cc1. The molecule has 1 N–H and O–H groups in total. The third-order valence-corrected chi connectivity index (χ3v) is 5.35. The first kappa shape index (κ1) is 21.5. The molecular weight excluding hydrogens is 451 g/mol. The van der Waals surface area contributed by atoms with E-state index in [1.165, 1.54) is 6.07 Å². The van der Waals surface area contributed by atoms with E-state index in [0.29, 0.717) is 18.8 Å². The van der Waals surface area contributed by atoms with E-state index in [1.807, 2.05) is 6.92 Å². The second-order valence-electron chi connectivity index (χ2n) is 5.36. The van der Waals surface area contributed by atoms with Crippen LogP contribution < -0.4 is 14.2 Å². The Hall–Kier alpha value is -1.78. The average molecular weight is 468 g/mol. The first-order chi connectivity index (χ1) is 12.6. The van der Waals surface area contributed by atoms with Crippen LogP contribution in [0.15, 0.2) is 51.8 Å². The third kappa shape index (κ3) is 6.71. The van der Waals surface area contributed by atoms with Crippen molar-refractivity contribution in [2.24, 2.45) is 0 Å². The van der Waals surface area contributed by atoms with Crippen molar-refractivity contribution in [3.05, 3.63) is 52.5 Å². The predicted molar refractivity (Wildman–Crippen MR) is 97.3 cm³/mol. The number of alkyl halides is 3. The molecule has 0 heterocycles. The minimum atomic E-state index is -5.01. The summed E-state index contributed by atoms with van der Waals surface area (Å²) in [5.74, 6) is -0.101. The minimum Gasteiger partial charge on any atom is -0.494 e. The number of nitrogens with one attached hydrogen (secondary N) is 1. The van der Waals surface area contributed by atoms with Gasteiger partial charge in [-0.2, -0.15) is 0 Å². The topological polar surface area (TPSA) is 64.6 Å². The van der Waals surface area contributed by atoms with Crippen molar-refractivity contribution in [1.82, 2.24) is 4.72 Å². The molecule has 148 valence electrons. The summed E-state index contributed by atoms with van der Waals surface area (Å²) in [6.45, 7) is 2.41. The van der Waals surface area contributed by atoms with Gasteiger partial charge in [0.2, 0.25) is 10.0 Å². The smallest absolute Gasteiger partial charge is 0.494 e. The summed E-state index contributed by atoms with van der Waals surface area (Å²) in [7, 11) is -4.19. The number of hydrogen-bond donors (Lipinski definition) is 1. The van der Waals surface area contributed by atoms with E-state index in [2.05, 4.69) is 25.4 Å². The molecule has 0 saturated carbocycles. The summed E-state index contributed by atoms with van der Waals surface area (Å²) in [6, 6.07) is 10.4. The summed E-state index contributed by atoms with van der Waals surface area (Å²) in [6.07, 6.45) is -4.65.